The number of nitrogens with one attached hydrogen (secondary N) is 2. The van der Waals surface area contributed by atoms with Gasteiger partial charge in [0.1, 0.15) is 0 Å². The van der Waals surface area contributed by atoms with Gasteiger partial charge in [-0.15, -0.1) is 0 Å². The van der Waals surface area contributed by atoms with Crippen LogP contribution in [0.5, 0.6) is 0 Å². The molecule has 2 aliphatic heterocycles. The van der Waals surface area contributed by atoms with Crippen LogP contribution < -0.4 is 10.6 Å². The molecule has 2 fully saturated rings. The van der Waals surface area contributed by atoms with E-state index in [0.29, 0.717) is 6.61 Å². The lowest BCUT2D eigenvalue weighted by atomic mass is 10.0. The van der Waals surface area contributed by atoms with E-state index in [-0.39, 0.29) is 24.0 Å². The summed E-state index contributed by atoms with van der Waals surface area (Å²) in [5, 5.41) is 6.25. The molecule has 2 N–H and O–H groups in total. The van der Waals surface area contributed by atoms with Gasteiger partial charge in [-0.05, 0) is 12.8 Å². The number of rotatable bonds is 3. The first-order chi connectivity index (χ1) is 7.81. The number of ether oxygens (including phenoxy) is 2. The van der Waals surface area contributed by atoms with Crippen LogP contribution in [0.3, 0.4) is 0 Å². The third-order valence-electron chi connectivity index (χ3n) is 3.32. The van der Waals surface area contributed by atoms with Crippen LogP contribution in [0.2, 0.25) is 0 Å². The molecule has 2 aliphatic rings. The fraction of sp³-hybridized carbons (Fsp3) is 0.909. The van der Waals surface area contributed by atoms with Crippen molar-refractivity contribution >= 4 is 5.91 Å². The van der Waals surface area contributed by atoms with Gasteiger partial charge in [-0.2, -0.15) is 0 Å². The van der Waals surface area contributed by atoms with Crippen molar-refractivity contribution in [3.63, 3.8) is 0 Å². The molecule has 0 bridgehead atoms. The summed E-state index contributed by atoms with van der Waals surface area (Å²) in [6.07, 6.45) is 2.01. The van der Waals surface area contributed by atoms with Crippen LogP contribution in [-0.2, 0) is 14.3 Å². The first-order valence-corrected chi connectivity index (χ1v) is 5.93. The van der Waals surface area contributed by atoms with E-state index < -0.39 is 0 Å². The molecule has 1 amide bonds. The highest BCUT2D eigenvalue weighted by atomic mass is 16.5. The summed E-state index contributed by atoms with van der Waals surface area (Å²) in [6.45, 7) is 2.94. The second-order valence-electron chi connectivity index (χ2n) is 4.46. The summed E-state index contributed by atoms with van der Waals surface area (Å²) in [4.78, 5) is 11.9. The van der Waals surface area contributed by atoms with Crippen LogP contribution in [0.15, 0.2) is 0 Å². The maximum absolute atomic E-state index is 11.9. The summed E-state index contributed by atoms with van der Waals surface area (Å²) in [7, 11) is 1.68. The van der Waals surface area contributed by atoms with Gasteiger partial charge in [0.05, 0.1) is 24.7 Å². The first-order valence-electron chi connectivity index (χ1n) is 5.93. The van der Waals surface area contributed by atoms with Crippen molar-refractivity contribution < 1.29 is 14.3 Å². The van der Waals surface area contributed by atoms with Crippen molar-refractivity contribution in [2.75, 3.05) is 33.4 Å². The molecule has 0 aliphatic carbocycles. The minimum atomic E-state index is 0.0202. The Kier molecular flexibility index (Phi) is 4.15. The SMILES string of the molecule is CO[C@H]1CNCC1NC(=O)C1CCCOC1. The highest BCUT2D eigenvalue weighted by Crippen LogP contribution is 2.14. The van der Waals surface area contributed by atoms with Crippen molar-refractivity contribution in [1.29, 1.82) is 0 Å². The van der Waals surface area contributed by atoms with Crippen LogP contribution in [0.4, 0.5) is 0 Å². The standard InChI is InChI=1S/C11H20N2O3/c1-15-10-6-12-5-9(10)13-11(14)8-3-2-4-16-7-8/h8-10,12H,2-7H2,1H3,(H,13,14)/t8?,9?,10-/m0/s1. The van der Waals surface area contributed by atoms with Crippen LogP contribution in [0, 0.1) is 5.92 Å². The molecule has 16 heavy (non-hydrogen) atoms. The van der Waals surface area contributed by atoms with Gasteiger partial charge >= 0.3 is 0 Å². The monoisotopic (exact) mass is 228 g/mol. The van der Waals surface area contributed by atoms with Crippen molar-refractivity contribution in [3.8, 4) is 0 Å². The molecule has 0 aromatic carbocycles. The molecule has 0 radical (unpaired) electrons. The summed E-state index contributed by atoms with van der Waals surface area (Å²) in [6, 6.07) is 0.0967. The predicted octanol–water partition coefficient (Wildman–Crippen LogP) is -0.484. The molecule has 92 valence electrons. The molecule has 3 atom stereocenters. The zero-order chi connectivity index (χ0) is 11.4. The Morgan fingerprint density at radius 1 is 1.50 bits per heavy atom. The largest absolute Gasteiger partial charge is 0.381 e. The first kappa shape index (κ1) is 11.8. The second-order valence-corrected chi connectivity index (χ2v) is 4.46. The van der Waals surface area contributed by atoms with Gasteiger partial charge in [-0.1, -0.05) is 0 Å². The van der Waals surface area contributed by atoms with E-state index in [1.54, 1.807) is 7.11 Å². The van der Waals surface area contributed by atoms with E-state index in [1.807, 2.05) is 0 Å². The molecule has 0 saturated carbocycles. The minimum Gasteiger partial charge on any atom is -0.381 e. The number of amides is 1. The van der Waals surface area contributed by atoms with Crippen LogP contribution in [0.1, 0.15) is 12.8 Å². The maximum Gasteiger partial charge on any atom is 0.225 e. The van der Waals surface area contributed by atoms with Gasteiger partial charge in [0, 0.05) is 26.8 Å². The smallest absolute Gasteiger partial charge is 0.225 e. The minimum absolute atomic E-state index is 0.0202. The Hall–Kier alpha value is -0.650. The lowest BCUT2D eigenvalue weighted by molar-refractivity contribution is -0.130. The molecule has 2 saturated heterocycles. The average molecular weight is 228 g/mol. The molecular weight excluding hydrogens is 208 g/mol. The molecule has 2 unspecified atom stereocenters. The molecule has 0 spiro atoms. The molecule has 0 aromatic heterocycles. The van der Waals surface area contributed by atoms with E-state index >= 15 is 0 Å². The van der Waals surface area contributed by atoms with Crippen LogP contribution in [0.25, 0.3) is 0 Å². The Bertz CT molecular complexity index is 241. The van der Waals surface area contributed by atoms with E-state index in [2.05, 4.69) is 10.6 Å². The highest BCUT2D eigenvalue weighted by Gasteiger charge is 2.31. The fourth-order valence-corrected chi connectivity index (χ4v) is 2.29. The van der Waals surface area contributed by atoms with Crippen LogP contribution in [-0.4, -0.2) is 51.5 Å². The zero-order valence-corrected chi connectivity index (χ0v) is 9.70. The molecule has 2 rings (SSSR count). The van der Waals surface area contributed by atoms with Gasteiger partial charge in [-0.3, -0.25) is 4.79 Å². The molecule has 2 heterocycles. The molecular formula is C11H20N2O3. The number of carbonyl (C=O) groups is 1. The molecule has 0 aromatic rings. The van der Waals surface area contributed by atoms with Gasteiger partial charge in [0.15, 0.2) is 0 Å². The van der Waals surface area contributed by atoms with Gasteiger partial charge in [-0.25, -0.2) is 0 Å². The average Bonchev–Trinajstić information content (AvgIpc) is 2.77. The van der Waals surface area contributed by atoms with E-state index in [0.717, 1.165) is 32.5 Å². The Morgan fingerprint density at radius 3 is 3.06 bits per heavy atom. The van der Waals surface area contributed by atoms with Crippen molar-refractivity contribution in [3.05, 3.63) is 0 Å². The molecule has 5 heteroatoms. The lowest BCUT2D eigenvalue weighted by Gasteiger charge is -2.25. The van der Waals surface area contributed by atoms with Crippen molar-refractivity contribution in [2.45, 2.75) is 25.0 Å². The van der Waals surface area contributed by atoms with Gasteiger partial charge < -0.3 is 20.1 Å². The number of hydrogen-bond acceptors (Lipinski definition) is 4. The summed E-state index contributed by atoms with van der Waals surface area (Å²) in [5.41, 5.74) is 0. The predicted molar refractivity (Wildman–Crippen MR) is 59.1 cm³/mol. The maximum atomic E-state index is 11.9. The lowest BCUT2D eigenvalue weighted by Crippen LogP contribution is -2.47. The normalized spacial score (nSPS) is 34.9. The Balaban J connectivity index is 1.81. The second kappa shape index (κ2) is 5.61. The van der Waals surface area contributed by atoms with Gasteiger partial charge in [0.25, 0.3) is 0 Å². The highest BCUT2D eigenvalue weighted by molar-refractivity contribution is 5.79. The quantitative estimate of drug-likeness (QED) is 0.685. The summed E-state index contributed by atoms with van der Waals surface area (Å²) >= 11 is 0. The van der Waals surface area contributed by atoms with Gasteiger partial charge in [0.2, 0.25) is 5.91 Å². The van der Waals surface area contributed by atoms with E-state index in [1.165, 1.54) is 0 Å². The Labute approximate surface area is 95.9 Å². The number of methoxy groups -OCH3 is 1. The van der Waals surface area contributed by atoms with E-state index in [4.69, 9.17) is 9.47 Å². The van der Waals surface area contributed by atoms with E-state index in [9.17, 15) is 4.79 Å². The zero-order valence-electron chi connectivity index (χ0n) is 9.70. The van der Waals surface area contributed by atoms with Crippen molar-refractivity contribution in [1.82, 2.24) is 10.6 Å². The topological polar surface area (TPSA) is 59.6 Å². The number of hydrogen-bond donors (Lipinski definition) is 2. The summed E-state index contributed by atoms with van der Waals surface area (Å²) < 4.78 is 10.6. The van der Waals surface area contributed by atoms with Crippen molar-refractivity contribution in [2.24, 2.45) is 5.92 Å². The Morgan fingerprint density at radius 2 is 2.38 bits per heavy atom. The summed E-state index contributed by atoms with van der Waals surface area (Å²) in [5.74, 6) is 0.127. The fourth-order valence-electron chi connectivity index (χ4n) is 2.29. The molecule has 5 nitrogen and oxygen atoms in total. The third-order valence-corrected chi connectivity index (χ3v) is 3.32. The van der Waals surface area contributed by atoms with Crippen LogP contribution >= 0.6 is 0 Å². The number of carbonyl (C=O) groups excluding carboxylic acids is 1. The third kappa shape index (κ3) is 2.72.